The van der Waals surface area contributed by atoms with Gasteiger partial charge in [-0.05, 0) is 24.1 Å². The maximum absolute atomic E-state index is 12.4. The van der Waals surface area contributed by atoms with Crippen LogP contribution >= 0.6 is 11.6 Å². The average molecular weight is 359 g/mol. The van der Waals surface area contributed by atoms with Crippen molar-refractivity contribution in [1.29, 1.82) is 0 Å². The van der Waals surface area contributed by atoms with Gasteiger partial charge in [-0.25, -0.2) is 0 Å². The monoisotopic (exact) mass is 358 g/mol. The van der Waals surface area contributed by atoms with Crippen LogP contribution in [0.25, 0.3) is 11.3 Å². The number of rotatable bonds is 5. The minimum atomic E-state index is -4.14. The summed E-state index contributed by atoms with van der Waals surface area (Å²) in [6.07, 6.45) is -1.69. The lowest BCUT2D eigenvalue weighted by atomic mass is 10.1. The third-order valence-electron chi connectivity index (χ3n) is 4.11. The zero-order valence-electron chi connectivity index (χ0n) is 12.9. The summed E-state index contributed by atoms with van der Waals surface area (Å²) >= 11 is 5.90. The molecule has 8 heteroatoms. The van der Waals surface area contributed by atoms with Gasteiger partial charge in [0, 0.05) is 36.3 Å². The van der Waals surface area contributed by atoms with E-state index in [0.717, 1.165) is 16.8 Å². The molecular weight excluding hydrogens is 341 g/mol. The Balaban J connectivity index is 1.57. The Morgan fingerprint density at radius 3 is 2.75 bits per heavy atom. The van der Waals surface area contributed by atoms with Crippen molar-refractivity contribution in [2.75, 3.05) is 19.6 Å². The molecule has 1 fully saturated rings. The molecule has 1 aliphatic heterocycles. The number of nitrogens with zero attached hydrogens (tertiary/aromatic N) is 2. The number of aromatic amines is 1. The maximum atomic E-state index is 12.4. The molecule has 2 heterocycles. The Morgan fingerprint density at radius 1 is 1.29 bits per heavy atom. The lowest BCUT2D eigenvalue weighted by molar-refractivity contribution is -0.143. The van der Waals surface area contributed by atoms with Crippen molar-refractivity contribution < 1.29 is 13.2 Å². The highest BCUT2D eigenvalue weighted by Gasteiger charge is 2.34. The quantitative estimate of drug-likeness (QED) is 0.860. The van der Waals surface area contributed by atoms with Crippen LogP contribution in [0.4, 0.5) is 13.2 Å². The van der Waals surface area contributed by atoms with Gasteiger partial charge in [0.25, 0.3) is 0 Å². The molecule has 3 rings (SSSR count). The third-order valence-corrected chi connectivity index (χ3v) is 4.36. The van der Waals surface area contributed by atoms with E-state index in [1.165, 1.54) is 4.90 Å². The molecule has 1 atom stereocenters. The smallest absolute Gasteiger partial charge is 0.308 e. The molecule has 0 amide bonds. The summed E-state index contributed by atoms with van der Waals surface area (Å²) in [5.74, 6) is 0. The first kappa shape index (κ1) is 17.3. The Labute approximate surface area is 143 Å². The van der Waals surface area contributed by atoms with Crippen molar-refractivity contribution in [2.45, 2.75) is 25.2 Å². The number of nitrogens with one attached hydrogen (secondary N) is 2. The van der Waals surface area contributed by atoms with Gasteiger partial charge in [-0.15, -0.1) is 0 Å². The predicted molar refractivity (Wildman–Crippen MR) is 86.8 cm³/mol. The summed E-state index contributed by atoms with van der Waals surface area (Å²) < 4.78 is 37.3. The summed E-state index contributed by atoms with van der Waals surface area (Å²) in [6.45, 7) is 0.589. The summed E-state index contributed by atoms with van der Waals surface area (Å²) in [5, 5.41) is 11.0. The van der Waals surface area contributed by atoms with E-state index in [9.17, 15) is 13.2 Å². The van der Waals surface area contributed by atoms with E-state index in [-0.39, 0.29) is 6.04 Å². The molecule has 0 aliphatic carbocycles. The number of aromatic nitrogens is 2. The maximum Gasteiger partial charge on any atom is 0.401 e. The topological polar surface area (TPSA) is 44.0 Å². The Kier molecular flexibility index (Phi) is 5.12. The summed E-state index contributed by atoms with van der Waals surface area (Å²) in [4.78, 5) is 1.44. The van der Waals surface area contributed by atoms with Gasteiger partial charge in [0.1, 0.15) is 0 Å². The van der Waals surface area contributed by atoms with Crippen LogP contribution in [0.15, 0.2) is 30.5 Å². The van der Waals surface area contributed by atoms with Crippen LogP contribution in [-0.4, -0.2) is 46.9 Å². The molecule has 0 saturated carbocycles. The number of H-pyrrole nitrogens is 1. The van der Waals surface area contributed by atoms with Crippen LogP contribution in [0.2, 0.25) is 5.02 Å². The summed E-state index contributed by atoms with van der Waals surface area (Å²) in [7, 11) is 0. The molecule has 0 radical (unpaired) electrons. The van der Waals surface area contributed by atoms with E-state index in [1.54, 1.807) is 18.3 Å². The third kappa shape index (κ3) is 4.49. The van der Waals surface area contributed by atoms with Crippen molar-refractivity contribution in [2.24, 2.45) is 0 Å². The predicted octanol–water partition coefficient (Wildman–Crippen LogP) is 3.46. The molecule has 1 aliphatic rings. The largest absolute Gasteiger partial charge is 0.401 e. The highest BCUT2D eigenvalue weighted by molar-refractivity contribution is 6.30. The zero-order valence-corrected chi connectivity index (χ0v) is 13.7. The molecule has 1 aromatic carbocycles. The molecule has 2 aromatic rings. The number of benzene rings is 1. The number of halogens is 4. The highest BCUT2D eigenvalue weighted by atomic mass is 35.5. The van der Waals surface area contributed by atoms with Gasteiger partial charge >= 0.3 is 6.18 Å². The summed E-state index contributed by atoms with van der Waals surface area (Å²) in [6, 6.07) is 7.47. The first-order chi connectivity index (χ1) is 11.4. The van der Waals surface area contributed by atoms with Crippen LogP contribution in [0.5, 0.6) is 0 Å². The average Bonchev–Trinajstić information content (AvgIpc) is 3.13. The standard InChI is InChI=1S/C16H18ClF3N4/c17-13-3-1-11(2-4-13)15-12(8-22-23-15)7-21-14-5-6-24(9-14)10-16(18,19)20/h1-4,8,14,21H,5-7,9-10H2,(H,22,23). The van der Waals surface area contributed by atoms with E-state index in [0.29, 0.717) is 31.1 Å². The van der Waals surface area contributed by atoms with E-state index in [4.69, 9.17) is 11.6 Å². The van der Waals surface area contributed by atoms with Crippen LogP contribution in [0, 0.1) is 0 Å². The second kappa shape index (κ2) is 7.13. The van der Waals surface area contributed by atoms with Crippen molar-refractivity contribution in [3.8, 4) is 11.3 Å². The Bertz CT molecular complexity index is 669. The molecule has 1 saturated heterocycles. The minimum Gasteiger partial charge on any atom is -0.308 e. The first-order valence-corrected chi connectivity index (χ1v) is 8.09. The van der Waals surface area contributed by atoms with Gasteiger partial charge in [0.05, 0.1) is 18.4 Å². The fourth-order valence-electron chi connectivity index (χ4n) is 2.96. The summed E-state index contributed by atoms with van der Waals surface area (Å²) in [5.41, 5.74) is 2.84. The fourth-order valence-corrected chi connectivity index (χ4v) is 3.09. The number of hydrogen-bond donors (Lipinski definition) is 2. The minimum absolute atomic E-state index is 0.0558. The normalized spacial score (nSPS) is 19.1. The van der Waals surface area contributed by atoms with E-state index < -0.39 is 12.7 Å². The van der Waals surface area contributed by atoms with Crippen LogP contribution in [-0.2, 0) is 6.54 Å². The van der Waals surface area contributed by atoms with E-state index >= 15 is 0 Å². The van der Waals surface area contributed by atoms with Gasteiger partial charge in [0.2, 0.25) is 0 Å². The number of alkyl halides is 3. The van der Waals surface area contributed by atoms with Crippen molar-refractivity contribution in [3.63, 3.8) is 0 Å². The van der Waals surface area contributed by atoms with Gasteiger partial charge in [0.15, 0.2) is 0 Å². The fraction of sp³-hybridized carbons (Fsp3) is 0.438. The van der Waals surface area contributed by atoms with Gasteiger partial charge < -0.3 is 5.32 Å². The molecule has 2 N–H and O–H groups in total. The van der Waals surface area contributed by atoms with Crippen LogP contribution in [0.3, 0.4) is 0 Å². The lowest BCUT2D eigenvalue weighted by Gasteiger charge is -2.18. The molecule has 1 unspecified atom stereocenters. The first-order valence-electron chi connectivity index (χ1n) is 7.71. The molecule has 130 valence electrons. The molecule has 0 spiro atoms. The van der Waals surface area contributed by atoms with Crippen LogP contribution in [0.1, 0.15) is 12.0 Å². The number of hydrogen-bond acceptors (Lipinski definition) is 3. The molecule has 4 nitrogen and oxygen atoms in total. The number of likely N-dealkylation sites (tertiary alicyclic amines) is 1. The zero-order chi connectivity index (χ0) is 17.2. The van der Waals surface area contributed by atoms with Crippen molar-refractivity contribution in [1.82, 2.24) is 20.4 Å². The molecule has 0 bridgehead atoms. The highest BCUT2D eigenvalue weighted by Crippen LogP contribution is 2.24. The van der Waals surface area contributed by atoms with Crippen molar-refractivity contribution >= 4 is 11.6 Å². The van der Waals surface area contributed by atoms with E-state index in [1.807, 2.05) is 12.1 Å². The van der Waals surface area contributed by atoms with E-state index in [2.05, 4.69) is 15.5 Å². The molecule has 24 heavy (non-hydrogen) atoms. The molecule has 1 aromatic heterocycles. The second-order valence-electron chi connectivity index (χ2n) is 5.99. The Hall–Kier alpha value is -1.57. The van der Waals surface area contributed by atoms with Gasteiger partial charge in [-0.1, -0.05) is 23.7 Å². The second-order valence-corrected chi connectivity index (χ2v) is 6.43. The van der Waals surface area contributed by atoms with Crippen LogP contribution < -0.4 is 5.32 Å². The SMILES string of the molecule is FC(F)(F)CN1CCC(NCc2cn[nH]c2-c2ccc(Cl)cc2)C1. The van der Waals surface area contributed by atoms with Gasteiger partial charge in [-0.2, -0.15) is 18.3 Å². The Morgan fingerprint density at radius 2 is 2.04 bits per heavy atom. The molecular formula is C16H18ClF3N4. The lowest BCUT2D eigenvalue weighted by Crippen LogP contribution is -2.36. The van der Waals surface area contributed by atoms with Gasteiger partial charge in [-0.3, -0.25) is 10.00 Å². The van der Waals surface area contributed by atoms with Crippen molar-refractivity contribution in [3.05, 3.63) is 41.0 Å².